The van der Waals surface area contributed by atoms with Crippen LogP contribution in [-0.4, -0.2) is 32.0 Å². The summed E-state index contributed by atoms with van der Waals surface area (Å²) >= 11 is 0. The van der Waals surface area contributed by atoms with Gasteiger partial charge in [-0.1, -0.05) is 20.3 Å². The largest absolute Gasteiger partial charge is 1.00 e. The third-order valence-corrected chi connectivity index (χ3v) is 2.26. The number of hydrogen-bond acceptors (Lipinski definition) is 1. The average Bonchev–Trinajstić information content (AvgIpc) is 2.02. The Kier molecular flexibility index (Phi) is 10.3. The van der Waals surface area contributed by atoms with Gasteiger partial charge in [0.05, 0.1) is 0 Å². The first-order valence-corrected chi connectivity index (χ1v) is 4.83. The fourth-order valence-corrected chi connectivity index (χ4v) is 1.18. The molecule has 1 atom stereocenters. The van der Waals surface area contributed by atoms with Gasteiger partial charge in [0.15, 0.2) is 0 Å². The van der Waals surface area contributed by atoms with E-state index >= 15 is 0 Å². The van der Waals surface area contributed by atoms with Crippen molar-refractivity contribution in [2.45, 2.75) is 20.3 Å². The van der Waals surface area contributed by atoms with Crippen LogP contribution < -0.4 is 51.4 Å². The number of nitrogens with zero attached hydrogens (tertiary/aromatic N) is 1. The molecule has 1 nitrogen and oxygen atoms in total. The summed E-state index contributed by atoms with van der Waals surface area (Å²) < 4.78 is 36.5. The molecule has 15 heavy (non-hydrogen) atoms. The van der Waals surface area contributed by atoms with Crippen molar-refractivity contribution in [2.24, 2.45) is 5.92 Å². The predicted octanol–water partition coefficient (Wildman–Crippen LogP) is -0.0889. The van der Waals surface area contributed by atoms with Gasteiger partial charge in [0.2, 0.25) is 0 Å². The fourth-order valence-electron chi connectivity index (χ4n) is 1.18. The van der Waals surface area contributed by atoms with E-state index in [1.54, 1.807) is 11.9 Å². The monoisotopic (exact) mass is 247 g/mol. The van der Waals surface area contributed by atoms with Gasteiger partial charge in [-0.25, -0.2) is 0 Å². The van der Waals surface area contributed by atoms with Gasteiger partial charge in [-0.15, -0.1) is 12.1 Å². The molecule has 0 aliphatic carbocycles. The van der Waals surface area contributed by atoms with E-state index in [4.69, 9.17) is 0 Å². The summed E-state index contributed by atoms with van der Waals surface area (Å²) in [4.78, 5) is 1.67. The molecule has 0 amide bonds. The normalized spacial score (nSPS) is 13.5. The van der Waals surface area contributed by atoms with Crippen LogP contribution in [0.25, 0.3) is 0 Å². The Balaban J connectivity index is 0. The zero-order chi connectivity index (χ0) is 11.4. The Bertz CT molecular complexity index is 196. The van der Waals surface area contributed by atoms with Crippen LogP contribution in [-0.2, 0) is 0 Å². The molecule has 0 radical (unpaired) electrons. The Morgan fingerprint density at radius 1 is 1.40 bits per heavy atom. The molecule has 0 saturated heterocycles. The minimum atomic E-state index is -4.87. The van der Waals surface area contributed by atoms with Crippen molar-refractivity contribution in [3.63, 3.8) is 0 Å². The van der Waals surface area contributed by atoms with Crippen molar-refractivity contribution in [1.82, 2.24) is 4.90 Å². The second-order valence-electron chi connectivity index (χ2n) is 3.94. The van der Waals surface area contributed by atoms with Gasteiger partial charge in [0, 0.05) is 6.54 Å². The third-order valence-electron chi connectivity index (χ3n) is 2.26. The van der Waals surface area contributed by atoms with Crippen LogP contribution in [0, 0.1) is 5.92 Å². The Hall–Kier alpha value is 1.19. The maximum absolute atomic E-state index is 12.2. The second kappa shape index (κ2) is 8.31. The molecule has 0 saturated carbocycles. The Labute approximate surface area is 133 Å². The third kappa shape index (κ3) is 8.94. The van der Waals surface area contributed by atoms with E-state index in [0.717, 1.165) is 6.42 Å². The SMILES string of the molecule is C=C(CN(C)CC(C)CC)[B-](F)(F)F.[K+]. The maximum Gasteiger partial charge on any atom is 1.00 e. The molecule has 0 aliphatic heterocycles. The van der Waals surface area contributed by atoms with Gasteiger partial charge in [0.1, 0.15) is 0 Å². The van der Waals surface area contributed by atoms with E-state index < -0.39 is 12.4 Å². The maximum atomic E-state index is 12.2. The summed E-state index contributed by atoms with van der Waals surface area (Å²) in [6.07, 6.45) is 0.980. The van der Waals surface area contributed by atoms with Crippen molar-refractivity contribution >= 4 is 6.98 Å². The molecule has 0 N–H and O–H groups in total. The van der Waals surface area contributed by atoms with Gasteiger partial charge < -0.3 is 17.8 Å². The molecule has 0 aliphatic rings. The van der Waals surface area contributed by atoms with Crippen LogP contribution in [0.3, 0.4) is 0 Å². The zero-order valence-electron chi connectivity index (χ0n) is 10.1. The van der Waals surface area contributed by atoms with Crippen LogP contribution in [0.4, 0.5) is 12.9 Å². The van der Waals surface area contributed by atoms with Crippen molar-refractivity contribution in [3.8, 4) is 0 Å². The van der Waals surface area contributed by atoms with Crippen LogP contribution >= 0.6 is 0 Å². The van der Waals surface area contributed by atoms with E-state index in [2.05, 4.69) is 6.58 Å². The molecule has 0 heterocycles. The second-order valence-corrected chi connectivity index (χ2v) is 3.94. The van der Waals surface area contributed by atoms with E-state index in [-0.39, 0.29) is 57.9 Å². The number of hydrogen-bond donors (Lipinski definition) is 0. The van der Waals surface area contributed by atoms with Crippen LogP contribution in [0.1, 0.15) is 20.3 Å². The Morgan fingerprint density at radius 2 is 1.87 bits per heavy atom. The van der Waals surface area contributed by atoms with Gasteiger partial charge in [-0.3, -0.25) is 0 Å². The molecule has 1 unspecified atom stereocenters. The molecular formula is C9H18BF3KN. The quantitative estimate of drug-likeness (QED) is 0.593. The van der Waals surface area contributed by atoms with E-state index in [1.807, 2.05) is 13.8 Å². The molecule has 0 bridgehead atoms. The van der Waals surface area contributed by atoms with E-state index in [1.165, 1.54) is 0 Å². The van der Waals surface area contributed by atoms with Crippen molar-refractivity contribution in [2.75, 3.05) is 20.1 Å². The molecular weight excluding hydrogens is 229 g/mol. The van der Waals surface area contributed by atoms with Crippen LogP contribution in [0.5, 0.6) is 0 Å². The predicted molar refractivity (Wildman–Crippen MR) is 55.2 cm³/mol. The van der Waals surface area contributed by atoms with Crippen molar-refractivity contribution in [3.05, 3.63) is 12.1 Å². The average molecular weight is 247 g/mol. The van der Waals surface area contributed by atoms with Crippen LogP contribution in [0.2, 0.25) is 0 Å². The summed E-state index contributed by atoms with van der Waals surface area (Å²) in [5.74, 6) is 0.425. The molecule has 0 fully saturated rings. The molecule has 0 rings (SSSR count). The first kappa shape index (κ1) is 18.6. The molecule has 0 aromatic rings. The minimum Gasteiger partial charge on any atom is -0.445 e. The first-order chi connectivity index (χ1) is 6.27. The number of halogens is 3. The fraction of sp³-hybridized carbons (Fsp3) is 0.778. The zero-order valence-corrected chi connectivity index (χ0v) is 13.2. The first-order valence-electron chi connectivity index (χ1n) is 4.83. The summed E-state index contributed by atoms with van der Waals surface area (Å²) in [6.45, 7) is 2.85. The van der Waals surface area contributed by atoms with Crippen LogP contribution in [0.15, 0.2) is 12.1 Å². The summed E-state index contributed by atoms with van der Waals surface area (Å²) in [5.41, 5.74) is -0.615. The molecule has 0 spiro atoms. The van der Waals surface area contributed by atoms with Gasteiger partial charge in [-0.05, 0) is 19.5 Å². The number of rotatable bonds is 6. The van der Waals surface area contributed by atoms with E-state index in [9.17, 15) is 12.9 Å². The van der Waals surface area contributed by atoms with Gasteiger partial charge >= 0.3 is 58.4 Å². The molecule has 84 valence electrons. The minimum absolute atomic E-state index is 0. The van der Waals surface area contributed by atoms with Crippen molar-refractivity contribution in [1.29, 1.82) is 0 Å². The summed E-state index contributed by atoms with van der Waals surface area (Å²) in [7, 11) is 1.69. The van der Waals surface area contributed by atoms with Gasteiger partial charge in [-0.2, -0.15) is 0 Å². The Morgan fingerprint density at radius 3 is 2.20 bits per heavy atom. The standard InChI is InChI=1S/C9H18BF3N.K/c1-5-8(2)6-14(4)7-9(3)10(11,12)13;/h8H,3,5-7H2,1-2,4H3;/q-1;+1. The van der Waals surface area contributed by atoms with Gasteiger partial charge in [0.25, 0.3) is 0 Å². The molecule has 0 aromatic carbocycles. The van der Waals surface area contributed by atoms with E-state index in [0.29, 0.717) is 12.5 Å². The topological polar surface area (TPSA) is 3.24 Å². The smallest absolute Gasteiger partial charge is 0.445 e. The summed E-state index contributed by atoms with van der Waals surface area (Å²) in [6, 6.07) is 0. The van der Waals surface area contributed by atoms with Crippen molar-refractivity contribution < 1.29 is 64.3 Å². The number of likely N-dealkylation sites (N-methyl/N-ethyl adjacent to an activating group) is 1. The molecule has 6 heteroatoms. The summed E-state index contributed by atoms with van der Waals surface area (Å²) in [5, 5.41) is 0. The molecule has 0 aromatic heterocycles.